The van der Waals surface area contributed by atoms with Crippen molar-refractivity contribution in [3.8, 4) is 0 Å². The maximum Gasteiger partial charge on any atom is 0.263 e. The molecular formula is C9H9N3O3S2. The Morgan fingerprint density at radius 1 is 1.24 bits per heavy atom. The van der Waals surface area contributed by atoms with Crippen LogP contribution in [0.2, 0.25) is 0 Å². The fraction of sp³-hybridized carbons (Fsp3) is 0. The van der Waals surface area contributed by atoms with Crippen LogP contribution in [0.1, 0.15) is 0 Å². The minimum absolute atomic E-state index is 0.103. The number of rotatable bonds is 4. The average molecular weight is 271 g/mol. The van der Waals surface area contributed by atoms with Gasteiger partial charge in [-0.05, 0) is 24.3 Å². The Morgan fingerprint density at radius 3 is 2.47 bits per heavy atom. The standard InChI is InChI=1S/C9H9N3O3S2/c13-11-7-1-3-8(4-2-7)17(14,15)12-9-10-5-6-16-9/h1-6,11,13H,(H,10,12). The van der Waals surface area contributed by atoms with Gasteiger partial charge >= 0.3 is 0 Å². The number of hydrogen-bond acceptors (Lipinski definition) is 6. The molecule has 0 radical (unpaired) electrons. The molecule has 1 aromatic carbocycles. The highest BCUT2D eigenvalue weighted by Crippen LogP contribution is 2.19. The molecule has 0 aliphatic rings. The van der Waals surface area contributed by atoms with Crippen molar-refractivity contribution in [3.05, 3.63) is 35.8 Å². The summed E-state index contributed by atoms with van der Waals surface area (Å²) in [6.45, 7) is 0. The molecule has 2 aromatic rings. The first-order chi connectivity index (χ1) is 8.12. The van der Waals surface area contributed by atoms with E-state index in [9.17, 15) is 8.42 Å². The van der Waals surface area contributed by atoms with Crippen molar-refractivity contribution in [1.29, 1.82) is 0 Å². The second-order valence-corrected chi connectivity index (χ2v) is 5.66. The van der Waals surface area contributed by atoms with Crippen LogP contribution in [0, 0.1) is 0 Å². The predicted molar refractivity (Wildman–Crippen MR) is 64.8 cm³/mol. The van der Waals surface area contributed by atoms with Crippen molar-refractivity contribution < 1.29 is 13.6 Å². The quantitative estimate of drug-likeness (QED) is 0.737. The molecule has 0 amide bonds. The van der Waals surface area contributed by atoms with E-state index in [1.54, 1.807) is 5.38 Å². The van der Waals surface area contributed by atoms with Crippen LogP contribution in [0.5, 0.6) is 0 Å². The summed E-state index contributed by atoms with van der Waals surface area (Å²) in [5.74, 6) is 0. The fourth-order valence-electron chi connectivity index (χ4n) is 1.16. The summed E-state index contributed by atoms with van der Waals surface area (Å²) < 4.78 is 26.1. The highest BCUT2D eigenvalue weighted by atomic mass is 32.2. The molecule has 90 valence electrons. The van der Waals surface area contributed by atoms with Crippen LogP contribution in [0.25, 0.3) is 0 Å². The predicted octanol–water partition coefficient (Wildman–Crippen LogP) is 1.74. The highest BCUT2D eigenvalue weighted by molar-refractivity contribution is 7.93. The second kappa shape index (κ2) is 4.70. The first kappa shape index (κ1) is 11.8. The number of benzene rings is 1. The molecule has 1 aromatic heterocycles. The van der Waals surface area contributed by atoms with E-state index in [1.165, 1.54) is 41.8 Å². The van der Waals surface area contributed by atoms with Crippen molar-refractivity contribution in [2.75, 3.05) is 10.2 Å². The lowest BCUT2D eigenvalue weighted by molar-refractivity contribution is 0.389. The third kappa shape index (κ3) is 2.73. The average Bonchev–Trinajstić information content (AvgIpc) is 2.81. The van der Waals surface area contributed by atoms with Gasteiger partial charge in [0.1, 0.15) is 0 Å². The number of nitrogens with zero attached hydrogens (tertiary/aromatic N) is 1. The van der Waals surface area contributed by atoms with Gasteiger partial charge in [-0.3, -0.25) is 15.4 Å². The smallest absolute Gasteiger partial charge is 0.263 e. The number of thiazole rings is 1. The van der Waals surface area contributed by atoms with E-state index in [0.717, 1.165) is 0 Å². The molecule has 3 N–H and O–H groups in total. The first-order valence-electron chi connectivity index (χ1n) is 4.54. The second-order valence-electron chi connectivity index (χ2n) is 3.08. The van der Waals surface area contributed by atoms with Gasteiger partial charge in [0.05, 0.1) is 10.6 Å². The molecule has 0 saturated heterocycles. The molecule has 2 rings (SSSR count). The Hall–Kier alpha value is -1.64. The zero-order valence-corrected chi connectivity index (χ0v) is 10.1. The zero-order chi connectivity index (χ0) is 12.3. The monoisotopic (exact) mass is 271 g/mol. The SMILES string of the molecule is O=S(=O)(Nc1nccs1)c1ccc(NO)cc1. The van der Waals surface area contributed by atoms with E-state index in [0.29, 0.717) is 10.8 Å². The molecule has 6 nitrogen and oxygen atoms in total. The van der Waals surface area contributed by atoms with E-state index in [-0.39, 0.29) is 4.90 Å². The van der Waals surface area contributed by atoms with Crippen molar-refractivity contribution in [3.63, 3.8) is 0 Å². The van der Waals surface area contributed by atoms with Crippen molar-refractivity contribution >= 4 is 32.2 Å². The van der Waals surface area contributed by atoms with Gasteiger partial charge in [0.2, 0.25) is 0 Å². The maximum absolute atomic E-state index is 11.9. The summed E-state index contributed by atoms with van der Waals surface area (Å²) in [5, 5.41) is 10.6. The topological polar surface area (TPSA) is 91.3 Å². The van der Waals surface area contributed by atoms with Gasteiger partial charge in [0.25, 0.3) is 10.0 Å². The normalized spacial score (nSPS) is 11.1. The number of aromatic nitrogens is 1. The van der Waals surface area contributed by atoms with E-state index in [4.69, 9.17) is 5.21 Å². The Balaban J connectivity index is 2.25. The number of nitrogens with one attached hydrogen (secondary N) is 2. The fourth-order valence-corrected chi connectivity index (χ4v) is 2.95. The molecule has 0 spiro atoms. The van der Waals surface area contributed by atoms with Gasteiger partial charge in [-0.15, -0.1) is 11.3 Å². The van der Waals surface area contributed by atoms with Crippen molar-refractivity contribution in [2.24, 2.45) is 0 Å². The first-order valence-corrected chi connectivity index (χ1v) is 6.90. The molecule has 0 atom stereocenters. The molecule has 0 bridgehead atoms. The Labute approximate surface area is 102 Å². The van der Waals surface area contributed by atoms with Crippen LogP contribution in [0.3, 0.4) is 0 Å². The molecule has 1 heterocycles. The van der Waals surface area contributed by atoms with Crippen LogP contribution in [0.15, 0.2) is 40.7 Å². The van der Waals surface area contributed by atoms with Crippen molar-refractivity contribution in [1.82, 2.24) is 4.98 Å². The molecule has 0 aliphatic heterocycles. The molecular weight excluding hydrogens is 262 g/mol. The van der Waals surface area contributed by atoms with Crippen LogP contribution < -0.4 is 10.2 Å². The lowest BCUT2D eigenvalue weighted by Gasteiger charge is -2.05. The number of anilines is 2. The van der Waals surface area contributed by atoms with E-state index in [1.807, 2.05) is 5.48 Å². The van der Waals surface area contributed by atoms with Gasteiger partial charge in [-0.2, -0.15) is 0 Å². The van der Waals surface area contributed by atoms with Crippen LogP contribution in [0.4, 0.5) is 10.8 Å². The lowest BCUT2D eigenvalue weighted by Crippen LogP contribution is -2.12. The van der Waals surface area contributed by atoms with E-state index >= 15 is 0 Å². The summed E-state index contributed by atoms with van der Waals surface area (Å²) in [6.07, 6.45) is 1.52. The largest absolute Gasteiger partial charge is 0.291 e. The Bertz CT molecular complexity index is 578. The molecule has 0 unspecified atom stereocenters. The zero-order valence-electron chi connectivity index (χ0n) is 8.49. The van der Waals surface area contributed by atoms with Gasteiger partial charge in [-0.1, -0.05) is 0 Å². The minimum Gasteiger partial charge on any atom is -0.291 e. The summed E-state index contributed by atoms with van der Waals surface area (Å²) in [7, 11) is -3.62. The molecule has 0 aliphatic carbocycles. The van der Waals surface area contributed by atoms with Crippen molar-refractivity contribution in [2.45, 2.75) is 4.90 Å². The molecule has 8 heteroatoms. The van der Waals surface area contributed by atoms with Gasteiger partial charge in [-0.25, -0.2) is 13.4 Å². The van der Waals surface area contributed by atoms with Crippen LogP contribution in [-0.2, 0) is 10.0 Å². The summed E-state index contributed by atoms with van der Waals surface area (Å²) in [5.41, 5.74) is 2.34. The summed E-state index contributed by atoms with van der Waals surface area (Å²) in [6, 6.07) is 5.68. The number of sulfonamides is 1. The molecule has 0 fully saturated rings. The maximum atomic E-state index is 11.9. The minimum atomic E-state index is -3.62. The third-order valence-electron chi connectivity index (χ3n) is 1.95. The summed E-state index contributed by atoms with van der Waals surface area (Å²) in [4.78, 5) is 3.94. The van der Waals surface area contributed by atoms with Crippen LogP contribution >= 0.6 is 11.3 Å². The molecule has 0 saturated carbocycles. The lowest BCUT2D eigenvalue weighted by atomic mass is 10.3. The van der Waals surface area contributed by atoms with E-state index < -0.39 is 10.0 Å². The third-order valence-corrected chi connectivity index (χ3v) is 4.12. The van der Waals surface area contributed by atoms with Crippen LogP contribution in [-0.4, -0.2) is 18.6 Å². The molecule has 17 heavy (non-hydrogen) atoms. The Morgan fingerprint density at radius 2 is 1.94 bits per heavy atom. The van der Waals surface area contributed by atoms with E-state index in [2.05, 4.69) is 9.71 Å². The van der Waals surface area contributed by atoms with Gasteiger partial charge in [0.15, 0.2) is 5.13 Å². The number of hydrogen-bond donors (Lipinski definition) is 3. The summed E-state index contributed by atoms with van der Waals surface area (Å²) >= 11 is 1.20. The Kier molecular flexibility index (Phi) is 3.27. The van der Waals surface area contributed by atoms with Gasteiger partial charge < -0.3 is 0 Å². The van der Waals surface area contributed by atoms with Gasteiger partial charge in [0, 0.05) is 11.6 Å². The highest BCUT2D eigenvalue weighted by Gasteiger charge is 2.14.